The number of carbonyl (C=O) groups is 1. The molecule has 0 saturated heterocycles. The molecule has 0 aliphatic carbocycles. The first-order valence-corrected chi connectivity index (χ1v) is 7.57. The second kappa shape index (κ2) is 6.96. The molecule has 1 amide bonds. The van der Waals surface area contributed by atoms with E-state index in [1.54, 1.807) is 24.3 Å². The maximum absolute atomic E-state index is 11.9. The molecule has 2 aromatic carbocycles. The highest BCUT2D eigenvalue weighted by atomic mass is 32.2. The molecular weight excluding hydrogens is 280 g/mol. The standard InChI is InChI=1S/C17H16N2OS/c1-12-3-8-16(9-13(12)2)21-11-17(20)19-15-6-4-14(10-18)5-7-15/h3-9H,11H2,1-2H3,(H,19,20). The molecule has 1 N–H and O–H groups in total. The molecule has 0 aromatic heterocycles. The zero-order valence-corrected chi connectivity index (χ0v) is 12.8. The first-order valence-electron chi connectivity index (χ1n) is 6.58. The van der Waals surface area contributed by atoms with E-state index in [-0.39, 0.29) is 5.91 Å². The Kier molecular flexibility index (Phi) is 5.02. The molecule has 106 valence electrons. The van der Waals surface area contributed by atoms with Gasteiger partial charge < -0.3 is 5.32 Å². The molecule has 0 heterocycles. The highest BCUT2D eigenvalue weighted by molar-refractivity contribution is 8.00. The highest BCUT2D eigenvalue weighted by Gasteiger charge is 2.04. The third kappa shape index (κ3) is 4.37. The van der Waals surface area contributed by atoms with Crippen molar-refractivity contribution in [2.45, 2.75) is 18.7 Å². The van der Waals surface area contributed by atoms with Gasteiger partial charge in [-0.1, -0.05) is 6.07 Å². The summed E-state index contributed by atoms with van der Waals surface area (Å²) in [6.45, 7) is 4.14. The van der Waals surface area contributed by atoms with E-state index in [1.165, 1.54) is 22.9 Å². The van der Waals surface area contributed by atoms with Gasteiger partial charge in [-0.25, -0.2) is 0 Å². The molecule has 0 bridgehead atoms. The number of hydrogen-bond donors (Lipinski definition) is 1. The number of anilines is 1. The van der Waals surface area contributed by atoms with Gasteiger partial charge in [0.05, 0.1) is 17.4 Å². The molecule has 0 unspecified atom stereocenters. The van der Waals surface area contributed by atoms with Gasteiger partial charge in [0, 0.05) is 10.6 Å². The fraction of sp³-hybridized carbons (Fsp3) is 0.176. The number of nitrogens with one attached hydrogen (secondary N) is 1. The highest BCUT2D eigenvalue weighted by Crippen LogP contribution is 2.21. The third-order valence-electron chi connectivity index (χ3n) is 3.15. The Bertz CT molecular complexity index is 687. The van der Waals surface area contributed by atoms with Gasteiger partial charge >= 0.3 is 0 Å². The number of amides is 1. The van der Waals surface area contributed by atoms with E-state index in [9.17, 15) is 4.79 Å². The summed E-state index contributed by atoms with van der Waals surface area (Å²) < 4.78 is 0. The molecule has 0 aliphatic rings. The topological polar surface area (TPSA) is 52.9 Å². The fourth-order valence-corrected chi connectivity index (χ4v) is 2.57. The van der Waals surface area contributed by atoms with Gasteiger partial charge in [-0.2, -0.15) is 5.26 Å². The van der Waals surface area contributed by atoms with E-state index < -0.39 is 0 Å². The molecular formula is C17H16N2OS. The van der Waals surface area contributed by atoms with E-state index >= 15 is 0 Å². The quantitative estimate of drug-likeness (QED) is 0.870. The summed E-state index contributed by atoms with van der Waals surface area (Å²) in [5.41, 5.74) is 3.77. The first kappa shape index (κ1) is 15.1. The second-order valence-electron chi connectivity index (χ2n) is 4.77. The Morgan fingerprint density at radius 2 is 1.86 bits per heavy atom. The zero-order chi connectivity index (χ0) is 15.2. The lowest BCUT2D eigenvalue weighted by Crippen LogP contribution is -2.13. The number of aryl methyl sites for hydroxylation is 2. The summed E-state index contributed by atoms with van der Waals surface area (Å²) in [5, 5.41) is 11.5. The van der Waals surface area contributed by atoms with E-state index in [0.717, 1.165) is 4.90 Å². The summed E-state index contributed by atoms with van der Waals surface area (Å²) in [6.07, 6.45) is 0. The number of thioether (sulfide) groups is 1. The van der Waals surface area contributed by atoms with Crippen LogP contribution < -0.4 is 5.32 Å². The van der Waals surface area contributed by atoms with Crippen molar-refractivity contribution < 1.29 is 4.79 Å². The van der Waals surface area contributed by atoms with Crippen LogP contribution in [0.15, 0.2) is 47.4 Å². The van der Waals surface area contributed by atoms with Crippen LogP contribution in [0.3, 0.4) is 0 Å². The predicted octanol–water partition coefficient (Wildman–Crippen LogP) is 3.91. The number of carbonyl (C=O) groups excluding carboxylic acids is 1. The molecule has 0 spiro atoms. The van der Waals surface area contributed by atoms with Gasteiger partial charge in [0.15, 0.2) is 0 Å². The lowest BCUT2D eigenvalue weighted by atomic mass is 10.1. The number of nitriles is 1. The zero-order valence-electron chi connectivity index (χ0n) is 12.0. The average Bonchev–Trinajstić information content (AvgIpc) is 2.49. The van der Waals surface area contributed by atoms with E-state index in [4.69, 9.17) is 5.26 Å². The number of nitrogens with zero attached hydrogens (tertiary/aromatic N) is 1. The minimum atomic E-state index is -0.0528. The van der Waals surface area contributed by atoms with Crippen LogP contribution in [0.1, 0.15) is 16.7 Å². The van der Waals surface area contributed by atoms with Crippen molar-refractivity contribution in [2.75, 3.05) is 11.1 Å². The monoisotopic (exact) mass is 296 g/mol. The van der Waals surface area contributed by atoms with Crippen LogP contribution in [0.5, 0.6) is 0 Å². The summed E-state index contributed by atoms with van der Waals surface area (Å²) >= 11 is 1.51. The molecule has 0 atom stereocenters. The molecule has 4 heteroatoms. The molecule has 2 rings (SSSR count). The van der Waals surface area contributed by atoms with Gasteiger partial charge in [0.25, 0.3) is 0 Å². The number of hydrogen-bond acceptors (Lipinski definition) is 3. The fourth-order valence-electron chi connectivity index (χ4n) is 1.78. The summed E-state index contributed by atoms with van der Waals surface area (Å²) in [4.78, 5) is 13.0. The van der Waals surface area contributed by atoms with Crippen molar-refractivity contribution >= 4 is 23.4 Å². The van der Waals surface area contributed by atoms with Crippen molar-refractivity contribution in [3.05, 3.63) is 59.2 Å². The summed E-state index contributed by atoms with van der Waals surface area (Å²) in [6, 6.07) is 15.1. The lowest BCUT2D eigenvalue weighted by molar-refractivity contribution is -0.113. The third-order valence-corrected chi connectivity index (χ3v) is 4.14. The molecule has 0 saturated carbocycles. The molecule has 0 fully saturated rings. The molecule has 2 aromatic rings. The van der Waals surface area contributed by atoms with Crippen molar-refractivity contribution in [3.8, 4) is 6.07 Å². The van der Waals surface area contributed by atoms with Crippen LogP contribution in [-0.4, -0.2) is 11.7 Å². The van der Waals surface area contributed by atoms with Gasteiger partial charge in [0.2, 0.25) is 5.91 Å². The Morgan fingerprint density at radius 1 is 1.14 bits per heavy atom. The normalized spacial score (nSPS) is 9.95. The van der Waals surface area contributed by atoms with Gasteiger partial charge in [-0.15, -0.1) is 11.8 Å². The van der Waals surface area contributed by atoms with Crippen LogP contribution in [-0.2, 0) is 4.79 Å². The van der Waals surface area contributed by atoms with Crippen LogP contribution in [0, 0.1) is 25.2 Å². The number of rotatable bonds is 4. The molecule has 21 heavy (non-hydrogen) atoms. The largest absolute Gasteiger partial charge is 0.325 e. The van der Waals surface area contributed by atoms with E-state index in [1.807, 2.05) is 12.1 Å². The van der Waals surface area contributed by atoms with Gasteiger partial charge in [-0.05, 0) is 61.4 Å². The van der Waals surface area contributed by atoms with Crippen LogP contribution in [0.4, 0.5) is 5.69 Å². The number of benzene rings is 2. The van der Waals surface area contributed by atoms with Gasteiger partial charge in [-0.3, -0.25) is 4.79 Å². The Morgan fingerprint density at radius 3 is 2.48 bits per heavy atom. The maximum Gasteiger partial charge on any atom is 0.234 e. The van der Waals surface area contributed by atoms with Crippen LogP contribution in [0.25, 0.3) is 0 Å². The Hall–Kier alpha value is -2.25. The van der Waals surface area contributed by atoms with Crippen LogP contribution in [0.2, 0.25) is 0 Å². The smallest absolute Gasteiger partial charge is 0.234 e. The second-order valence-corrected chi connectivity index (χ2v) is 5.82. The molecule has 3 nitrogen and oxygen atoms in total. The average molecular weight is 296 g/mol. The lowest BCUT2D eigenvalue weighted by Gasteiger charge is -2.06. The minimum absolute atomic E-state index is 0.0528. The van der Waals surface area contributed by atoms with Crippen LogP contribution >= 0.6 is 11.8 Å². The van der Waals surface area contributed by atoms with Crippen molar-refractivity contribution in [2.24, 2.45) is 0 Å². The maximum atomic E-state index is 11.9. The Balaban J connectivity index is 1.89. The van der Waals surface area contributed by atoms with E-state index in [2.05, 4.69) is 31.3 Å². The molecule has 0 radical (unpaired) electrons. The van der Waals surface area contributed by atoms with Crippen molar-refractivity contribution in [3.63, 3.8) is 0 Å². The first-order chi connectivity index (χ1) is 10.1. The minimum Gasteiger partial charge on any atom is -0.325 e. The summed E-state index contributed by atoms with van der Waals surface area (Å²) in [5.74, 6) is 0.311. The Labute approximate surface area is 129 Å². The molecule has 0 aliphatic heterocycles. The van der Waals surface area contributed by atoms with E-state index in [0.29, 0.717) is 17.0 Å². The SMILES string of the molecule is Cc1ccc(SCC(=O)Nc2ccc(C#N)cc2)cc1C. The summed E-state index contributed by atoms with van der Waals surface area (Å²) in [7, 11) is 0. The van der Waals surface area contributed by atoms with Crippen molar-refractivity contribution in [1.29, 1.82) is 5.26 Å². The van der Waals surface area contributed by atoms with Gasteiger partial charge in [0.1, 0.15) is 0 Å². The van der Waals surface area contributed by atoms with Crippen molar-refractivity contribution in [1.82, 2.24) is 0 Å². The predicted molar refractivity (Wildman–Crippen MR) is 86.4 cm³/mol.